The maximum absolute atomic E-state index is 9.83. The van der Waals surface area contributed by atoms with Gasteiger partial charge in [-0.3, -0.25) is 4.99 Å². The third-order valence-corrected chi connectivity index (χ3v) is 6.40. The fourth-order valence-corrected chi connectivity index (χ4v) is 4.65. The average Bonchev–Trinajstić information content (AvgIpc) is 3.09. The fraction of sp³-hybridized carbons (Fsp3) is 0.167. The molecule has 0 spiro atoms. The number of phenolic OH excluding ortho intramolecular Hbond substituents is 1. The molecule has 0 aliphatic heterocycles. The van der Waals surface area contributed by atoms with E-state index >= 15 is 0 Å². The fourth-order valence-electron chi connectivity index (χ4n) is 4.65. The van der Waals surface area contributed by atoms with Gasteiger partial charge in [0.15, 0.2) is 0 Å². The third-order valence-electron chi connectivity index (χ3n) is 6.40. The van der Waals surface area contributed by atoms with E-state index in [0.29, 0.717) is 11.6 Å². The summed E-state index contributed by atoms with van der Waals surface area (Å²) in [5, 5.41) is 9.83. The Labute approximate surface area is 196 Å². The molecule has 1 aliphatic rings. The van der Waals surface area contributed by atoms with Crippen molar-refractivity contribution in [3.63, 3.8) is 0 Å². The van der Waals surface area contributed by atoms with E-state index in [0.717, 1.165) is 16.7 Å². The van der Waals surface area contributed by atoms with Crippen molar-refractivity contribution >= 4 is 5.84 Å². The second kappa shape index (κ2) is 8.95. The molecule has 3 nitrogen and oxygen atoms in total. The Kier molecular flexibility index (Phi) is 6.06. The molecule has 0 atom stereocenters. The molecule has 3 heteroatoms. The van der Waals surface area contributed by atoms with Gasteiger partial charge in [0.05, 0.1) is 0 Å². The molecule has 166 valence electrons. The normalized spacial score (nSPS) is 13.5. The number of hydrogen-bond acceptors (Lipinski definition) is 2. The first-order chi connectivity index (χ1) is 15.8. The summed E-state index contributed by atoms with van der Waals surface area (Å²) in [6.07, 6.45) is 0. The molecule has 4 aromatic carbocycles. The lowest BCUT2D eigenvalue weighted by Crippen LogP contribution is -2.16. The van der Waals surface area contributed by atoms with Crippen molar-refractivity contribution in [2.24, 2.45) is 10.7 Å². The Morgan fingerprint density at radius 2 is 1.42 bits per heavy atom. The first-order valence-electron chi connectivity index (χ1n) is 11.2. The Hall–Kier alpha value is -3.85. The molecular formula is C30H30N2O. The van der Waals surface area contributed by atoms with Gasteiger partial charge in [-0.05, 0) is 58.0 Å². The largest absolute Gasteiger partial charge is 0.508 e. The van der Waals surface area contributed by atoms with E-state index in [2.05, 4.69) is 67.4 Å². The summed E-state index contributed by atoms with van der Waals surface area (Å²) in [7, 11) is 1.68. The van der Waals surface area contributed by atoms with E-state index in [1.807, 2.05) is 43.3 Å². The van der Waals surface area contributed by atoms with Gasteiger partial charge in [-0.15, -0.1) is 0 Å². The molecule has 3 N–H and O–H groups in total. The first-order valence-corrected chi connectivity index (χ1v) is 11.2. The third kappa shape index (κ3) is 4.14. The van der Waals surface area contributed by atoms with Crippen molar-refractivity contribution in [3.05, 3.63) is 113 Å². The number of fused-ring (bicyclic) bond motifs is 3. The van der Waals surface area contributed by atoms with Crippen molar-refractivity contribution in [2.75, 3.05) is 7.05 Å². The zero-order chi connectivity index (χ0) is 23.6. The highest BCUT2D eigenvalue weighted by Crippen LogP contribution is 2.52. The number of nitrogens with zero attached hydrogens (tertiary/aromatic N) is 1. The van der Waals surface area contributed by atoms with Crippen LogP contribution in [0, 0.1) is 6.92 Å². The van der Waals surface area contributed by atoms with Crippen LogP contribution >= 0.6 is 0 Å². The van der Waals surface area contributed by atoms with Gasteiger partial charge in [0, 0.05) is 18.0 Å². The molecule has 0 radical (unpaired) electrons. The van der Waals surface area contributed by atoms with Crippen molar-refractivity contribution in [1.29, 1.82) is 0 Å². The molecule has 5 rings (SSSR count). The molecular weight excluding hydrogens is 404 g/mol. The average molecular weight is 435 g/mol. The zero-order valence-electron chi connectivity index (χ0n) is 19.6. The summed E-state index contributed by atoms with van der Waals surface area (Å²) in [6, 6.07) is 30.8. The SMILES string of the molecule is CN=C(N)c1ccccc1.Cc1cc(-c2cccc3c2C(C)(C)c2ccccc2-3)ccc1O. The van der Waals surface area contributed by atoms with Crippen LogP contribution in [-0.2, 0) is 5.41 Å². The van der Waals surface area contributed by atoms with Gasteiger partial charge in [-0.25, -0.2) is 0 Å². The van der Waals surface area contributed by atoms with Crippen LogP contribution in [0.3, 0.4) is 0 Å². The first kappa shape index (κ1) is 22.3. The second-order valence-corrected chi connectivity index (χ2v) is 8.87. The summed E-state index contributed by atoms with van der Waals surface area (Å²) in [6.45, 7) is 6.55. The summed E-state index contributed by atoms with van der Waals surface area (Å²) in [5.41, 5.74) is 15.3. The maximum Gasteiger partial charge on any atom is 0.125 e. The molecule has 0 amide bonds. The van der Waals surface area contributed by atoms with E-state index in [9.17, 15) is 5.11 Å². The van der Waals surface area contributed by atoms with Crippen LogP contribution in [0.4, 0.5) is 0 Å². The highest BCUT2D eigenvalue weighted by atomic mass is 16.3. The Morgan fingerprint density at radius 1 is 0.788 bits per heavy atom. The standard InChI is InChI=1S/C22H20O.C8H10N2/c1-14-13-15(11-12-20(14)23)16-8-6-9-18-17-7-4-5-10-19(17)22(2,3)21(16)18;1-10-8(9)7-5-3-2-4-6-7/h4-13,23H,1-3H3;2-6H,1H3,(H2,9,10). The minimum absolute atomic E-state index is 0.0195. The molecule has 0 aromatic heterocycles. The minimum Gasteiger partial charge on any atom is -0.508 e. The van der Waals surface area contributed by atoms with Gasteiger partial charge in [0.25, 0.3) is 0 Å². The lowest BCUT2D eigenvalue weighted by molar-refractivity contribution is 0.471. The van der Waals surface area contributed by atoms with Crippen LogP contribution in [0.1, 0.15) is 36.1 Å². The summed E-state index contributed by atoms with van der Waals surface area (Å²) in [5.74, 6) is 0.935. The molecule has 0 saturated heterocycles. The molecule has 33 heavy (non-hydrogen) atoms. The number of hydrogen-bond donors (Lipinski definition) is 2. The molecule has 0 bridgehead atoms. The predicted octanol–water partition coefficient (Wildman–Crippen LogP) is 6.70. The molecule has 1 aliphatic carbocycles. The van der Waals surface area contributed by atoms with Crippen molar-refractivity contribution in [1.82, 2.24) is 0 Å². The Bertz CT molecular complexity index is 1320. The molecule has 0 saturated carbocycles. The Balaban J connectivity index is 0.000000219. The molecule has 0 unspecified atom stereocenters. The van der Waals surface area contributed by atoms with E-state index < -0.39 is 0 Å². The number of nitrogens with two attached hydrogens (primary N) is 1. The summed E-state index contributed by atoms with van der Waals surface area (Å²) >= 11 is 0. The van der Waals surface area contributed by atoms with E-state index in [1.54, 1.807) is 13.1 Å². The van der Waals surface area contributed by atoms with Crippen LogP contribution in [0.2, 0.25) is 0 Å². The van der Waals surface area contributed by atoms with Crippen LogP contribution in [0.25, 0.3) is 22.3 Å². The number of phenols is 1. The topological polar surface area (TPSA) is 58.6 Å². The van der Waals surface area contributed by atoms with Gasteiger partial charge >= 0.3 is 0 Å². The second-order valence-electron chi connectivity index (χ2n) is 8.87. The van der Waals surface area contributed by atoms with E-state index in [-0.39, 0.29) is 5.41 Å². The van der Waals surface area contributed by atoms with Crippen molar-refractivity contribution in [3.8, 4) is 28.0 Å². The van der Waals surface area contributed by atoms with E-state index in [4.69, 9.17) is 5.73 Å². The van der Waals surface area contributed by atoms with Crippen LogP contribution < -0.4 is 5.73 Å². The Morgan fingerprint density at radius 3 is 2.12 bits per heavy atom. The molecule has 0 fully saturated rings. The highest BCUT2D eigenvalue weighted by molar-refractivity contribution is 5.97. The number of amidine groups is 1. The highest BCUT2D eigenvalue weighted by Gasteiger charge is 2.37. The van der Waals surface area contributed by atoms with E-state index in [1.165, 1.54) is 27.8 Å². The maximum atomic E-state index is 9.83. The van der Waals surface area contributed by atoms with Crippen LogP contribution in [0.5, 0.6) is 5.75 Å². The summed E-state index contributed by atoms with van der Waals surface area (Å²) in [4.78, 5) is 3.85. The lowest BCUT2D eigenvalue weighted by Gasteiger charge is -2.24. The quantitative estimate of drug-likeness (QED) is 0.272. The lowest BCUT2D eigenvalue weighted by atomic mass is 9.79. The molecule has 4 aromatic rings. The van der Waals surface area contributed by atoms with Gasteiger partial charge in [-0.1, -0.05) is 92.7 Å². The number of rotatable bonds is 2. The van der Waals surface area contributed by atoms with Crippen LogP contribution in [0.15, 0.2) is 96.0 Å². The van der Waals surface area contributed by atoms with Gasteiger partial charge < -0.3 is 10.8 Å². The van der Waals surface area contributed by atoms with Gasteiger partial charge in [0.2, 0.25) is 0 Å². The smallest absolute Gasteiger partial charge is 0.125 e. The van der Waals surface area contributed by atoms with Crippen LogP contribution in [-0.4, -0.2) is 18.0 Å². The summed E-state index contributed by atoms with van der Waals surface area (Å²) < 4.78 is 0. The van der Waals surface area contributed by atoms with Crippen molar-refractivity contribution < 1.29 is 5.11 Å². The monoisotopic (exact) mass is 434 g/mol. The zero-order valence-corrected chi connectivity index (χ0v) is 19.6. The number of aromatic hydroxyl groups is 1. The number of aliphatic imine (C=N–C) groups is 1. The minimum atomic E-state index is -0.0195. The predicted molar refractivity (Wildman–Crippen MR) is 139 cm³/mol. The van der Waals surface area contributed by atoms with Gasteiger partial charge in [0.1, 0.15) is 11.6 Å². The van der Waals surface area contributed by atoms with Gasteiger partial charge in [-0.2, -0.15) is 0 Å². The van der Waals surface area contributed by atoms with Crippen molar-refractivity contribution in [2.45, 2.75) is 26.2 Å². The molecule has 0 heterocycles. The number of aryl methyl sites for hydroxylation is 1. The number of benzene rings is 4.